The highest BCUT2D eigenvalue weighted by atomic mass is 32.1. The summed E-state index contributed by atoms with van der Waals surface area (Å²) in [5.74, 6) is 0.996. The molecule has 0 saturated carbocycles. The highest BCUT2D eigenvalue weighted by Gasteiger charge is 2.09. The van der Waals surface area contributed by atoms with Gasteiger partial charge in [-0.1, -0.05) is 9.24 Å². The van der Waals surface area contributed by atoms with Gasteiger partial charge in [0.1, 0.15) is 10.6 Å². The van der Waals surface area contributed by atoms with Crippen LogP contribution in [0.4, 0.5) is 0 Å². The summed E-state index contributed by atoms with van der Waals surface area (Å²) >= 11 is 1.64. The Kier molecular flexibility index (Phi) is 1.88. The lowest BCUT2D eigenvalue weighted by Gasteiger charge is -1.94. The van der Waals surface area contributed by atoms with E-state index in [4.69, 9.17) is 0 Å². The Labute approximate surface area is 71.2 Å². The van der Waals surface area contributed by atoms with Gasteiger partial charge in [-0.05, 0) is 0 Å². The van der Waals surface area contributed by atoms with E-state index in [-0.39, 0.29) is 0 Å². The molecule has 0 aromatic carbocycles. The van der Waals surface area contributed by atoms with E-state index in [9.17, 15) is 0 Å². The first kappa shape index (κ1) is 7.19. The van der Waals surface area contributed by atoms with Gasteiger partial charge >= 0.3 is 0 Å². The van der Waals surface area contributed by atoms with E-state index in [1.165, 1.54) is 0 Å². The van der Waals surface area contributed by atoms with Crippen LogP contribution in [-0.4, -0.2) is 23.9 Å². The van der Waals surface area contributed by atoms with Crippen molar-refractivity contribution >= 4 is 31.2 Å². The molecule has 0 aliphatic carbocycles. The summed E-state index contributed by atoms with van der Waals surface area (Å²) in [6.45, 7) is 1.85. The number of nitrogens with zero attached hydrogens (tertiary/aromatic N) is 2. The van der Waals surface area contributed by atoms with Gasteiger partial charge in [0.25, 0.3) is 0 Å². The van der Waals surface area contributed by atoms with Crippen LogP contribution in [0.25, 0.3) is 0 Å². The van der Waals surface area contributed by atoms with Crippen LogP contribution < -0.4 is 10.1 Å². The molecule has 58 valence electrons. The first-order valence-corrected chi connectivity index (χ1v) is 4.75. The Morgan fingerprint density at radius 2 is 2.55 bits per heavy atom. The molecule has 1 aliphatic heterocycles. The molecule has 0 bridgehead atoms. The SMILES string of the molecule is Pc1ncc(C2=NCCN2)s1. The van der Waals surface area contributed by atoms with Crippen molar-refractivity contribution in [2.45, 2.75) is 0 Å². The molecule has 1 aliphatic rings. The van der Waals surface area contributed by atoms with Gasteiger partial charge in [-0.15, -0.1) is 11.3 Å². The molecule has 1 unspecified atom stereocenters. The average Bonchev–Trinajstić information content (AvgIpc) is 2.55. The summed E-state index contributed by atoms with van der Waals surface area (Å²) in [4.78, 5) is 9.54. The van der Waals surface area contributed by atoms with Gasteiger partial charge in [-0.3, -0.25) is 4.99 Å². The summed E-state index contributed by atoms with van der Waals surface area (Å²) in [5, 5.41) is 3.20. The summed E-state index contributed by atoms with van der Waals surface area (Å²) in [5.41, 5.74) is 0. The molecule has 0 fully saturated rings. The van der Waals surface area contributed by atoms with Crippen molar-refractivity contribution in [2.24, 2.45) is 4.99 Å². The number of hydrogen-bond donors (Lipinski definition) is 1. The van der Waals surface area contributed by atoms with Crippen LogP contribution >= 0.6 is 20.6 Å². The van der Waals surface area contributed by atoms with Gasteiger partial charge in [-0.2, -0.15) is 0 Å². The third-order valence-electron chi connectivity index (χ3n) is 1.43. The van der Waals surface area contributed by atoms with Crippen molar-refractivity contribution in [1.29, 1.82) is 0 Å². The van der Waals surface area contributed by atoms with Crippen molar-refractivity contribution in [2.75, 3.05) is 13.1 Å². The Balaban J connectivity index is 2.28. The number of aliphatic imine (C=N–C) groups is 1. The summed E-state index contributed by atoms with van der Waals surface area (Å²) < 4.78 is 1.01. The normalized spacial score (nSPS) is 16.3. The van der Waals surface area contributed by atoms with Crippen molar-refractivity contribution in [3.63, 3.8) is 0 Å². The Morgan fingerprint density at radius 1 is 1.64 bits per heavy atom. The van der Waals surface area contributed by atoms with Crippen LogP contribution in [-0.2, 0) is 0 Å². The topological polar surface area (TPSA) is 37.3 Å². The minimum absolute atomic E-state index is 0.888. The summed E-state index contributed by atoms with van der Waals surface area (Å²) in [6, 6.07) is 0. The lowest BCUT2D eigenvalue weighted by atomic mass is 10.5. The van der Waals surface area contributed by atoms with E-state index in [2.05, 4.69) is 24.5 Å². The number of thiazole rings is 1. The standard InChI is InChI=1S/C6H8N3PS/c10-6-9-3-4(11-6)5-7-1-2-8-5/h3H,1-2,10H2,(H,7,8). The third kappa shape index (κ3) is 1.42. The van der Waals surface area contributed by atoms with Crippen LogP contribution in [0.15, 0.2) is 11.2 Å². The molecule has 3 nitrogen and oxygen atoms in total. The predicted molar refractivity (Wildman–Crippen MR) is 50.9 cm³/mol. The zero-order valence-electron chi connectivity index (χ0n) is 5.87. The Bertz CT molecular complexity index is 294. The molecule has 1 N–H and O–H groups in total. The fourth-order valence-electron chi connectivity index (χ4n) is 0.960. The lowest BCUT2D eigenvalue weighted by Crippen LogP contribution is -2.18. The van der Waals surface area contributed by atoms with Crippen LogP contribution in [0.5, 0.6) is 0 Å². The van der Waals surface area contributed by atoms with E-state index in [0.717, 1.165) is 28.6 Å². The number of aromatic nitrogens is 1. The molecule has 0 amide bonds. The molecular formula is C6H8N3PS. The Morgan fingerprint density at radius 3 is 3.09 bits per heavy atom. The maximum atomic E-state index is 4.29. The van der Waals surface area contributed by atoms with E-state index < -0.39 is 0 Å². The minimum atomic E-state index is 0.888. The van der Waals surface area contributed by atoms with E-state index in [1.54, 1.807) is 11.3 Å². The maximum Gasteiger partial charge on any atom is 0.140 e. The first-order valence-electron chi connectivity index (χ1n) is 3.36. The molecule has 1 aromatic heterocycles. The average molecular weight is 185 g/mol. The monoisotopic (exact) mass is 185 g/mol. The molecule has 1 aromatic rings. The van der Waals surface area contributed by atoms with Gasteiger partial charge in [0.15, 0.2) is 0 Å². The number of rotatable bonds is 1. The van der Waals surface area contributed by atoms with Gasteiger partial charge in [0.2, 0.25) is 0 Å². The second kappa shape index (κ2) is 2.88. The van der Waals surface area contributed by atoms with Crippen LogP contribution in [0.2, 0.25) is 0 Å². The number of amidine groups is 1. The maximum absolute atomic E-state index is 4.29. The molecule has 0 spiro atoms. The smallest absolute Gasteiger partial charge is 0.140 e. The molecule has 2 rings (SSSR count). The third-order valence-corrected chi connectivity index (χ3v) is 2.77. The number of hydrogen-bond acceptors (Lipinski definition) is 4. The lowest BCUT2D eigenvalue weighted by molar-refractivity contribution is 0.960. The van der Waals surface area contributed by atoms with Crippen molar-refractivity contribution in [3.05, 3.63) is 11.1 Å². The predicted octanol–water partition coefficient (Wildman–Crippen LogP) is -0.00670. The van der Waals surface area contributed by atoms with Gasteiger partial charge < -0.3 is 5.32 Å². The van der Waals surface area contributed by atoms with Gasteiger partial charge in [-0.25, -0.2) is 4.98 Å². The highest BCUT2D eigenvalue weighted by Crippen LogP contribution is 2.08. The minimum Gasteiger partial charge on any atom is -0.367 e. The largest absolute Gasteiger partial charge is 0.367 e. The molecule has 5 heteroatoms. The second-order valence-electron chi connectivity index (χ2n) is 2.22. The quantitative estimate of drug-likeness (QED) is 0.625. The molecule has 1 atom stereocenters. The molecule has 11 heavy (non-hydrogen) atoms. The van der Waals surface area contributed by atoms with Crippen LogP contribution in [0.3, 0.4) is 0 Å². The van der Waals surface area contributed by atoms with Gasteiger partial charge in [0, 0.05) is 12.7 Å². The Hall–Kier alpha value is -0.470. The van der Waals surface area contributed by atoms with Gasteiger partial charge in [0.05, 0.1) is 11.4 Å². The number of nitrogens with one attached hydrogen (secondary N) is 1. The zero-order valence-corrected chi connectivity index (χ0v) is 7.84. The highest BCUT2D eigenvalue weighted by molar-refractivity contribution is 7.43. The van der Waals surface area contributed by atoms with Crippen molar-refractivity contribution < 1.29 is 0 Å². The van der Waals surface area contributed by atoms with Crippen molar-refractivity contribution in [3.8, 4) is 0 Å². The fourth-order valence-corrected chi connectivity index (χ4v) is 2.08. The molecule has 0 saturated heterocycles. The van der Waals surface area contributed by atoms with E-state index in [0.29, 0.717) is 0 Å². The van der Waals surface area contributed by atoms with Crippen LogP contribution in [0.1, 0.15) is 4.88 Å². The summed E-state index contributed by atoms with van der Waals surface area (Å²) in [6.07, 6.45) is 1.85. The van der Waals surface area contributed by atoms with Crippen LogP contribution in [0, 0.1) is 0 Å². The van der Waals surface area contributed by atoms with Crippen molar-refractivity contribution in [1.82, 2.24) is 10.3 Å². The van der Waals surface area contributed by atoms with E-state index in [1.807, 2.05) is 6.20 Å². The molecule has 2 heterocycles. The first-order chi connectivity index (χ1) is 5.36. The molecular weight excluding hydrogens is 177 g/mol. The van der Waals surface area contributed by atoms with E-state index >= 15 is 0 Å². The zero-order chi connectivity index (χ0) is 7.68. The second-order valence-corrected chi connectivity index (χ2v) is 4.25. The fraction of sp³-hybridized carbons (Fsp3) is 0.333. The summed E-state index contributed by atoms with van der Waals surface area (Å²) in [7, 11) is 2.58. The molecule has 0 radical (unpaired) electrons.